The number of carboxylic acid groups (broad SMARTS) is 1. The SMILES string of the molecule is CCC(C)(C)NC(=O)NC(C(=O)O)C(C)O. The minimum Gasteiger partial charge on any atom is -0.480 e. The highest BCUT2D eigenvalue weighted by Crippen LogP contribution is 2.06. The Balaban J connectivity index is 4.37. The van der Waals surface area contributed by atoms with Crippen LogP contribution < -0.4 is 10.6 Å². The standard InChI is InChI=1S/C10H20N2O4/c1-5-10(3,4)12-9(16)11-7(6(2)13)8(14)15/h6-7,13H,5H2,1-4H3,(H,14,15)(H2,11,12,16). The summed E-state index contributed by atoms with van der Waals surface area (Å²) in [5.74, 6) is -1.26. The van der Waals surface area contributed by atoms with Crippen LogP contribution in [-0.2, 0) is 4.79 Å². The molecule has 6 heteroatoms. The smallest absolute Gasteiger partial charge is 0.328 e. The third-order valence-electron chi connectivity index (χ3n) is 2.37. The fourth-order valence-corrected chi connectivity index (χ4v) is 0.962. The van der Waals surface area contributed by atoms with Crippen molar-refractivity contribution < 1.29 is 19.8 Å². The van der Waals surface area contributed by atoms with Gasteiger partial charge in [0.25, 0.3) is 0 Å². The molecular formula is C10H20N2O4. The van der Waals surface area contributed by atoms with E-state index in [0.29, 0.717) is 6.42 Å². The van der Waals surface area contributed by atoms with Crippen LogP contribution in [-0.4, -0.2) is 39.9 Å². The van der Waals surface area contributed by atoms with Gasteiger partial charge in [0.1, 0.15) is 0 Å². The Morgan fingerprint density at radius 2 is 1.88 bits per heavy atom. The quantitative estimate of drug-likeness (QED) is 0.548. The second-order valence-electron chi connectivity index (χ2n) is 4.39. The summed E-state index contributed by atoms with van der Waals surface area (Å²) in [7, 11) is 0. The highest BCUT2D eigenvalue weighted by Gasteiger charge is 2.26. The van der Waals surface area contributed by atoms with Crippen molar-refractivity contribution in [2.75, 3.05) is 0 Å². The lowest BCUT2D eigenvalue weighted by Gasteiger charge is -2.26. The van der Waals surface area contributed by atoms with E-state index in [4.69, 9.17) is 10.2 Å². The molecule has 0 aliphatic rings. The van der Waals surface area contributed by atoms with Crippen LogP contribution in [0.25, 0.3) is 0 Å². The van der Waals surface area contributed by atoms with Crippen LogP contribution in [0.2, 0.25) is 0 Å². The third kappa shape index (κ3) is 4.97. The van der Waals surface area contributed by atoms with Crippen molar-refractivity contribution in [2.45, 2.75) is 51.8 Å². The second kappa shape index (κ2) is 5.69. The van der Waals surface area contributed by atoms with Crippen molar-refractivity contribution in [3.63, 3.8) is 0 Å². The Bertz CT molecular complexity index is 264. The highest BCUT2D eigenvalue weighted by atomic mass is 16.4. The van der Waals surface area contributed by atoms with Gasteiger partial charge in [-0.25, -0.2) is 9.59 Å². The number of hydrogen-bond donors (Lipinski definition) is 4. The van der Waals surface area contributed by atoms with Gasteiger partial charge >= 0.3 is 12.0 Å². The Kier molecular flexibility index (Phi) is 5.23. The largest absolute Gasteiger partial charge is 0.480 e. The summed E-state index contributed by atoms with van der Waals surface area (Å²) in [5, 5.41) is 22.7. The number of urea groups is 1. The summed E-state index contributed by atoms with van der Waals surface area (Å²) < 4.78 is 0. The molecule has 0 bridgehead atoms. The number of aliphatic hydroxyl groups excluding tert-OH is 1. The first-order valence-corrected chi connectivity index (χ1v) is 5.19. The molecule has 0 aliphatic carbocycles. The van der Waals surface area contributed by atoms with Gasteiger partial charge in [-0.1, -0.05) is 6.92 Å². The molecule has 0 aromatic carbocycles. The van der Waals surface area contributed by atoms with E-state index in [9.17, 15) is 9.59 Å². The molecule has 0 aliphatic heterocycles. The predicted molar refractivity (Wildman–Crippen MR) is 59.1 cm³/mol. The lowest BCUT2D eigenvalue weighted by molar-refractivity contribution is -0.141. The van der Waals surface area contributed by atoms with Gasteiger partial charge in [0, 0.05) is 5.54 Å². The van der Waals surface area contributed by atoms with E-state index in [-0.39, 0.29) is 0 Å². The summed E-state index contributed by atoms with van der Waals surface area (Å²) in [4.78, 5) is 22.1. The third-order valence-corrected chi connectivity index (χ3v) is 2.37. The number of aliphatic hydroxyl groups is 1. The molecule has 94 valence electrons. The average Bonchev–Trinajstić information content (AvgIpc) is 2.12. The molecule has 0 spiro atoms. The molecule has 0 saturated carbocycles. The number of amides is 2. The Labute approximate surface area is 95.0 Å². The summed E-state index contributed by atoms with van der Waals surface area (Å²) in [6.07, 6.45) is -0.430. The van der Waals surface area contributed by atoms with Gasteiger partial charge in [-0.3, -0.25) is 0 Å². The van der Waals surface area contributed by atoms with Gasteiger partial charge in [-0.15, -0.1) is 0 Å². The van der Waals surface area contributed by atoms with Gasteiger partial charge in [-0.2, -0.15) is 0 Å². The molecule has 0 radical (unpaired) electrons. The van der Waals surface area contributed by atoms with Crippen LogP contribution in [0, 0.1) is 0 Å². The zero-order chi connectivity index (χ0) is 12.9. The molecule has 16 heavy (non-hydrogen) atoms. The molecule has 0 aromatic rings. The first kappa shape index (κ1) is 14.7. The molecule has 6 nitrogen and oxygen atoms in total. The van der Waals surface area contributed by atoms with Crippen LogP contribution >= 0.6 is 0 Å². The van der Waals surface area contributed by atoms with Crippen LogP contribution in [0.5, 0.6) is 0 Å². The second-order valence-corrected chi connectivity index (χ2v) is 4.39. The van der Waals surface area contributed by atoms with E-state index in [1.165, 1.54) is 6.92 Å². The molecule has 4 N–H and O–H groups in total. The minimum atomic E-state index is -1.30. The summed E-state index contributed by atoms with van der Waals surface area (Å²) in [5.41, 5.74) is -0.411. The maximum Gasteiger partial charge on any atom is 0.328 e. The molecule has 0 saturated heterocycles. The average molecular weight is 232 g/mol. The van der Waals surface area contributed by atoms with Crippen LogP contribution in [0.15, 0.2) is 0 Å². The number of nitrogens with one attached hydrogen (secondary N) is 2. The van der Waals surface area contributed by atoms with E-state index >= 15 is 0 Å². The van der Waals surface area contributed by atoms with Gasteiger partial charge in [0.05, 0.1) is 6.10 Å². The number of rotatable bonds is 5. The minimum absolute atomic E-state index is 0.411. The number of carboxylic acids is 1. The Hall–Kier alpha value is -1.30. The van der Waals surface area contributed by atoms with Gasteiger partial charge in [0.15, 0.2) is 6.04 Å². The maximum absolute atomic E-state index is 11.4. The molecule has 2 unspecified atom stereocenters. The van der Waals surface area contributed by atoms with E-state index in [0.717, 1.165) is 0 Å². The lowest BCUT2D eigenvalue weighted by Crippen LogP contribution is -2.55. The lowest BCUT2D eigenvalue weighted by atomic mass is 10.0. The first-order valence-electron chi connectivity index (χ1n) is 5.19. The molecule has 2 atom stereocenters. The molecule has 0 heterocycles. The normalized spacial score (nSPS) is 15.1. The van der Waals surface area contributed by atoms with Crippen molar-refractivity contribution in [3.8, 4) is 0 Å². The Morgan fingerprint density at radius 1 is 1.38 bits per heavy atom. The summed E-state index contributed by atoms with van der Waals surface area (Å²) >= 11 is 0. The molecule has 0 fully saturated rings. The number of carbonyl (C=O) groups is 2. The van der Waals surface area contributed by atoms with Crippen molar-refractivity contribution >= 4 is 12.0 Å². The zero-order valence-corrected chi connectivity index (χ0v) is 10.1. The fourth-order valence-electron chi connectivity index (χ4n) is 0.962. The number of hydrogen-bond acceptors (Lipinski definition) is 3. The van der Waals surface area contributed by atoms with E-state index < -0.39 is 29.7 Å². The van der Waals surface area contributed by atoms with Crippen molar-refractivity contribution in [1.29, 1.82) is 0 Å². The molecule has 2 amide bonds. The van der Waals surface area contributed by atoms with Crippen molar-refractivity contribution in [1.82, 2.24) is 10.6 Å². The fraction of sp³-hybridized carbons (Fsp3) is 0.800. The predicted octanol–water partition coefficient (Wildman–Crippen LogP) is 0.308. The van der Waals surface area contributed by atoms with E-state index in [1.54, 1.807) is 0 Å². The van der Waals surface area contributed by atoms with Crippen LogP contribution in [0.1, 0.15) is 34.1 Å². The monoisotopic (exact) mass is 232 g/mol. The topological polar surface area (TPSA) is 98.7 Å². The molecular weight excluding hydrogens is 212 g/mol. The zero-order valence-electron chi connectivity index (χ0n) is 10.1. The van der Waals surface area contributed by atoms with Crippen LogP contribution in [0.4, 0.5) is 4.79 Å². The molecule has 0 rings (SSSR count). The maximum atomic E-state index is 11.4. The van der Waals surface area contributed by atoms with E-state index in [1.807, 2.05) is 20.8 Å². The summed E-state index contributed by atoms with van der Waals surface area (Å²) in [6, 6.07) is -1.90. The van der Waals surface area contributed by atoms with Crippen LogP contribution in [0.3, 0.4) is 0 Å². The van der Waals surface area contributed by atoms with Crippen molar-refractivity contribution in [3.05, 3.63) is 0 Å². The van der Waals surface area contributed by atoms with Gasteiger partial charge < -0.3 is 20.8 Å². The Morgan fingerprint density at radius 3 is 2.19 bits per heavy atom. The number of carbonyl (C=O) groups excluding carboxylic acids is 1. The van der Waals surface area contributed by atoms with Crippen molar-refractivity contribution in [2.24, 2.45) is 0 Å². The van der Waals surface area contributed by atoms with E-state index in [2.05, 4.69) is 10.6 Å². The summed E-state index contributed by atoms with van der Waals surface area (Å²) in [6.45, 7) is 6.86. The number of aliphatic carboxylic acids is 1. The first-order chi connectivity index (χ1) is 7.19. The highest BCUT2D eigenvalue weighted by molar-refractivity contribution is 5.83. The van der Waals surface area contributed by atoms with Gasteiger partial charge in [-0.05, 0) is 27.2 Å². The molecule has 0 aromatic heterocycles. The van der Waals surface area contributed by atoms with Gasteiger partial charge in [0.2, 0.25) is 0 Å².